The monoisotopic (exact) mass is 186 g/mol. The van der Waals surface area contributed by atoms with E-state index in [2.05, 4.69) is 0 Å². The van der Waals surface area contributed by atoms with Gasteiger partial charge in [0.15, 0.2) is 0 Å². The van der Waals surface area contributed by atoms with E-state index >= 15 is 0 Å². The first-order valence-electron chi connectivity index (χ1n) is 3.73. The van der Waals surface area contributed by atoms with Crippen LogP contribution in [0.15, 0.2) is 24.3 Å². The van der Waals surface area contributed by atoms with Crippen LogP contribution in [0.25, 0.3) is 0 Å². The third-order valence-electron chi connectivity index (χ3n) is 1.68. The SMILES string of the molecule is C[C@@H](O)[C@@H](O)c1ccccc1Cl. The average molecular weight is 187 g/mol. The van der Waals surface area contributed by atoms with E-state index in [0.717, 1.165) is 0 Å². The van der Waals surface area contributed by atoms with Gasteiger partial charge in [-0.3, -0.25) is 0 Å². The summed E-state index contributed by atoms with van der Waals surface area (Å²) in [5, 5.41) is 19.0. The molecule has 0 saturated carbocycles. The summed E-state index contributed by atoms with van der Waals surface area (Å²) in [6.45, 7) is 1.52. The van der Waals surface area contributed by atoms with Gasteiger partial charge in [0.25, 0.3) is 0 Å². The minimum absolute atomic E-state index is 0.478. The molecule has 0 aromatic heterocycles. The first-order chi connectivity index (χ1) is 5.63. The molecule has 0 bridgehead atoms. The fourth-order valence-electron chi connectivity index (χ4n) is 0.975. The summed E-state index contributed by atoms with van der Waals surface area (Å²) in [5.41, 5.74) is 0.564. The predicted molar refractivity (Wildman–Crippen MR) is 48.1 cm³/mol. The van der Waals surface area contributed by atoms with Gasteiger partial charge in [-0.1, -0.05) is 29.8 Å². The van der Waals surface area contributed by atoms with E-state index in [4.69, 9.17) is 16.7 Å². The minimum atomic E-state index is -0.904. The van der Waals surface area contributed by atoms with Crippen LogP contribution < -0.4 is 0 Å². The van der Waals surface area contributed by atoms with Gasteiger partial charge < -0.3 is 10.2 Å². The fraction of sp³-hybridized carbons (Fsp3) is 0.333. The van der Waals surface area contributed by atoms with E-state index in [0.29, 0.717) is 10.6 Å². The molecule has 2 N–H and O–H groups in total. The van der Waals surface area contributed by atoms with Crippen molar-refractivity contribution in [3.63, 3.8) is 0 Å². The maximum absolute atomic E-state index is 9.44. The molecule has 0 unspecified atom stereocenters. The maximum Gasteiger partial charge on any atom is 0.106 e. The lowest BCUT2D eigenvalue weighted by Crippen LogP contribution is -2.13. The highest BCUT2D eigenvalue weighted by molar-refractivity contribution is 6.31. The molecule has 2 nitrogen and oxygen atoms in total. The van der Waals surface area contributed by atoms with Crippen molar-refractivity contribution in [3.8, 4) is 0 Å². The summed E-state index contributed by atoms with van der Waals surface area (Å²) >= 11 is 5.79. The molecule has 0 heterocycles. The highest BCUT2D eigenvalue weighted by Gasteiger charge is 2.15. The maximum atomic E-state index is 9.44. The molecule has 0 spiro atoms. The predicted octanol–water partition coefficient (Wildman–Crippen LogP) is 1.75. The molecule has 0 aliphatic heterocycles. The summed E-state index contributed by atoms with van der Waals surface area (Å²) in [6.07, 6.45) is -1.71. The number of rotatable bonds is 2. The standard InChI is InChI=1S/C9H11ClO2/c1-6(11)9(12)7-4-2-3-5-8(7)10/h2-6,9,11-12H,1H3/t6-,9-/m1/s1. The molecule has 1 rings (SSSR count). The topological polar surface area (TPSA) is 40.5 Å². The Bertz CT molecular complexity index is 260. The van der Waals surface area contributed by atoms with Gasteiger partial charge in [-0.15, -0.1) is 0 Å². The summed E-state index contributed by atoms with van der Waals surface area (Å²) < 4.78 is 0. The van der Waals surface area contributed by atoms with Crippen LogP contribution in [0.3, 0.4) is 0 Å². The van der Waals surface area contributed by atoms with Crippen molar-refractivity contribution < 1.29 is 10.2 Å². The molecular formula is C9H11ClO2. The van der Waals surface area contributed by atoms with Gasteiger partial charge in [-0.05, 0) is 13.0 Å². The minimum Gasteiger partial charge on any atom is -0.390 e. The lowest BCUT2D eigenvalue weighted by molar-refractivity contribution is 0.0306. The average Bonchev–Trinajstić information content (AvgIpc) is 2.04. The number of aliphatic hydroxyl groups excluding tert-OH is 2. The number of benzene rings is 1. The summed E-state index contributed by atoms with van der Waals surface area (Å²) in [6, 6.07) is 6.93. The zero-order valence-corrected chi connectivity index (χ0v) is 7.49. The Morgan fingerprint density at radius 3 is 2.33 bits per heavy atom. The molecule has 0 aliphatic rings. The van der Waals surface area contributed by atoms with Gasteiger partial charge in [0.1, 0.15) is 6.10 Å². The number of halogens is 1. The van der Waals surface area contributed by atoms with Crippen molar-refractivity contribution in [3.05, 3.63) is 34.9 Å². The molecule has 2 atom stereocenters. The summed E-state index contributed by atoms with van der Waals surface area (Å²) in [4.78, 5) is 0. The second-order valence-electron chi connectivity index (χ2n) is 2.71. The van der Waals surface area contributed by atoms with Crippen molar-refractivity contribution in [2.75, 3.05) is 0 Å². The van der Waals surface area contributed by atoms with Crippen molar-refractivity contribution in [1.82, 2.24) is 0 Å². The third kappa shape index (κ3) is 1.97. The van der Waals surface area contributed by atoms with Crippen molar-refractivity contribution in [2.45, 2.75) is 19.1 Å². The van der Waals surface area contributed by atoms with Crippen molar-refractivity contribution in [2.24, 2.45) is 0 Å². The van der Waals surface area contributed by atoms with Crippen LogP contribution in [0.4, 0.5) is 0 Å². The van der Waals surface area contributed by atoms with E-state index in [1.807, 2.05) is 0 Å². The molecular weight excluding hydrogens is 176 g/mol. The Hall–Kier alpha value is -0.570. The molecule has 0 fully saturated rings. The van der Waals surface area contributed by atoms with E-state index < -0.39 is 12.2 Å². The molecule has 1 aromatic carbocycles. The highest BCUT2D eigenvalue weighted by Crippen LogP contribution is 2.24. The van der Waals surface area contributed by atoms with E-state index in [1.165, 1.54) is 6.92 Å². The molecule has 3 heteroatoms. The third-order valence-corrected chi connectivity index (χ3v) is 2.03. The Morgan fingerprint density at radius 1 is 1.25 bits per heavy atom. The van der Waals surface area contributed by atoms with Gasteiger partial charge in [0.05, 0.1) is 6.10 Å². The smallest absolute Gasteiger partial charge is 0.106 e. The molecule has 12 heavy (non-hydrogen) atoms. The zero-order valence-electron chi connectivity index (χ0n) is 6.74. The lowest BCUT2D eigenvalue weighted by atomic mass is 10.1. The van der Waals surface area contributed by atoms with Crippen LogP contribution >= 0.6 is 11.6 Å². The normalized spacial score (nSPS) is 15.7. The molecule has 1 aromatic rings. The van der Waals surface area contributed by atoms with Gasteiger partial charge in [-0.25, -0.2) is 0 Å². The lowest BCUT2D eigenvalue weighted by Gasteiger charge is -2.14. The van der Waals surface area contributed by atoms with Gasteiger partial charge >= 0.3 is 0 Å². The zero-order chi connectivity index (χ0) is 9.14. The summed E-state index contributed by atoms with van der Waals surface area (Å²) in [5.74, 6) is 0. The Labute approximate surface area is 76.4 Å². The number of hydrogen-bond acceptors (Lipinski definition) is 2. The quantitative estimate of drug-likeness (QED) is 0.739. The largest absolute Gasteiger partial charge is 0.390 e. The highest BCUT2D eigenvalue weighted by atomic mass is 35.5. The molecule has 0 amide bonds. The molecule has 0 aliphatic carbocycles. The van der Waals surface area contributed by atoms with Crippen molar-refractivity contribution in [1.29, 1.82) is 0 Å². The van der Waals surface area contributed by atoms with Crippen molar-refractivity contribution >= 4 is 11.6 Å². The van der Waals surface area contributed by atoms with Gasteiger partial charge in [0, 0.05) is 10.6 Å². The molecule has 66 valence electrons. The Morgan fingerprint density at radius 2 is 1.83 bits per heavy atom. The van der Waals surface area contributed by atoms with Crippen LogP contribution in [-0.2, 0) is 0 Å². The summed E-state index contributed by atoms with van der Waals surface area (Å²) in [7, 11) is 0. The second kappa shape index (κ2) is 3.90. The van der Waals surface area contributed by atoms with Crippen LogP contribution in [-0.4, -0.2) is 16.3 Å². The fourth-order valence-corrected chi connectivity index (χ4v) is 1.22. The molecule has 0 saturated heterocycles. The van der Waals surface area contributed by atoms with Gasteiger partial charge in [0.2, 0.25) is 0 Å². The van der Waals surface area contributed by atoms with Gasteiger partial charge in [-0.2, -0.15) is 0 Å². The second-order valence-corrected chi connectivity index (χ2v) is 3.11. The first kappa shape index (κ1) is 9.52. The molecule has 0 radical (unpaired) electrons. The number of aliphatic hydroxyl groups is 2. The van der Waals surface area contributed by atoms with Crippen LogP contribution in [0.2, 0.25) is 5.02 Å². The Kier molecular flexibility index (Phi) is 3.09. The van der Waals surface area contributed by atoms with E-state index in [-0.39, 0.29) is 0 Å². The Balaban J connectivity index is 2.94. The first-order valence-corrected chi connectivity index (χ1v) is 4.11. The van der Waals surface area contributed by atoms with Crippen LogP contribution in [0.5, 0.6) is 0 Å². The van der Waals surface area contributed by atoms with Crippen LogP contribution in [0, 0.1) is 0 Å². The van der Waals surface area contributed by atoms with E-state index in [1.54, 1.807) is 24.3 Å². The van der Waals surface area contributed by atoms with E-state index in [9.17, 15) is 5.11 Å². The van der Waals surface area contributed by atoms with Crippen LogP contribution in [0.1, 0.15) is 18.6 Å². The number of hydrogen-bond donors (Lipinski definition) is 2.